The molecule has 0 aromatic heterocycles. The van der Waals surface area contributed by atoms with E-state index in [1.165, 1.54) is 11.1 Å². The molecule has 5 aliphatic rings. The van der Waals surface area contributed by atoms with Crippen molar-refractivity contribution in [2.24, 2.45) is 11.3 Å². The Kier molecular flexibility index (Phi) is 3.99. The standard InChI is InChI=1S/C24H33NO4/c1-14-7-8-18(27-5)20-19(14)23-11-12-25(4)16(3)22(23)9-10-24(28-6,21(23)29-20)17(13-22)15(2)26/h7-8,16-17,21H,9-13H2,1-6H3/t16-,17-,21?,22?,23+,24+/m1/s1. The van der Waals surface area contributed by atoms with Crippen LogP contribution in [0.1, 0.15) is 50.7 Å². The number of carbonyl (C=O) groups is 1. The summed E-state index contributed by atoms with van der Waals surface area (Å²) in [6.07, 6.45) is 3.67. The van der Waals surface area contributed by atoms with E-state index >= 15 is 0 Å². The first kappa shape index (κ1) is 19.4. The number of ketones is 1. The fourth-order valence-corrected chi connectivity index (χ4v) is 7.89. The number of piperidine rings is 1. The minimum atomic E-state index is -0.570. The van der Waals surface area contributed by atoms with Crippen molar-refractivity contribution in [1.29, 1.82) is 0 Å². The zero-order chi connectivity index (χ0) is 20.8. The van der Waals surface area contributed by atoms with Gasteiger partial charge in [0.15, 0.2) is 11.5 Å². The molecule has 3 aliphatic carbocycles. The first-order valence-corrected chi connectivity index (χ1v) is 10.9. The number of rotatable bonds is 3. The molecule has 0 N–H and O–H groups in total. The molecule has 6 atom stereocenters. The summed E-state index contributed by atoms with van der Waals surface area (Å²) in [6, 6.07) is 4.55. The molecule has 2 unspecified atom stereocenters. The van der Waals surface area contributed by atoms with Crippen LogP contribution in [-0.4, -0.2) is 56.2 Å². The second-order valence-electron chi connectivity index (χ2n) is 9.85. The summed E-state index contributed by atoms with van der Waals surface area (Å²) in [5.74, 6) is 1.77. The molecule has 2 heterocycles. The second kappa shape index (κ2) is 5.98. The summed E-state index contributed by atoms with van der Waals surface area (Å²) in [5.41, 5.74) is 1.85. The molecule has 5 heteroatoms. The molecule has 0 amide bonds. The van der Waals surface area contributed by atoms with Crippen molar-refractivity contribution in [2.45, 2.75) is 69.6 Å². The topological polar surface area (TPSA) is 48.0 Å². The Bertz CT molecular complexity index is 884. The zero-order valence-electron chi connectivity index (χ0n) is 18.5. The molecule has 4 fully saturated rings. The van der Waals surface area contributed by atoms with Crippen molar-refractivity contribution in [2.75, 3.05) is 27.8 Å². The molecule has 1 aromatic rings. The predicted molar refractivity (Wildman–Crippen MR) is 111 cm³/mol. The summed E-state index contributed by atoms with van der Waals surface area (Å²) < 4.78 is 18.9. The van der Waals surface area contributed by atoms with Crippen LogP contribution < -0.4 is 9.47 Å². The van der Waals surface area contributed by atoms with Gasteiger partial charge >= 0.3 is 0 Å². The highest BCUT2D eigenvalue weighted by Gasteiger charge is 2.79. The lowest BCUT2D eigenvalue weighted by Crippen LogP contribution is -2.79. The Morgan fingerprint density at radius 2 is 2.00 bits per heavy atom. The highest BCUT2D eigenvalue weighted by molar-refractivity contribution is 5.81. The number of methoxy groups -OCH3 is 2. The lowest BCUT2D eigenvalue weighted by molar-refractivity contribution is -0.265. The number of likely N-dealkylation sites (tertiary alicyclic amines) is 1. The van der Waals surface area contributed by atoms with Gasteiger partial charge in [-0.3, -0.25) is 4.79 Å². The second-order valence-corrected chi connectivity index (χ2v) is 9.85. The van der Waals surface area contributed by atoms with Gasteiger partial charge in [0.25, 0.3) is 0 Å². The molecule has 6 rings (SSSR count). The molecule has 0 radical (unpaired) electrons. The smallest absolute Gasteiger partial charge is 0.165 e. The number of hydrogen-bond donors (Lipinski definition) is 0. The minimum Gasteiger partial charge on any atom is -0.493 e. The van der Waals surface area contributed by atoms with Gasteiger partial charge < -0.3 is 19.1 Å². The van der Waals surface area contributed by atoms with Crippen molar-refractivity contribution in [3.05, 3.63) is 23.3 Å². The summed E-state index contributed by atoms with van der Waals surface area (Å²) in [5, 5.41) is 0. The lowest BCUT2D eigenvalue weighted by Gasteiger charge is -2.71. The molecule has 3 saturated carbocycles. The lowest BCUT2D eigenvalue weighted by atomic mass is 9.36. The van der Waals surface area contributed by atoms with Gasteiger partial charge in [-0.1, -0.05) is 6.07 Å². The molecule has 5 nitrogen and oxygen atoms in total. The number of nitrogens with zero attached hydrogens (tertiary/aromatic N) is 1. The number of carbonyl (C=O) groups excluding carboxylic acids is 1. The zero-order valence-corrected chi connectivity index (χ0v) is 18.5. The maximum atomic E-state index is 12.9. The van der Waals surface area contributed by atoms with E-state index in [1.807, 2.05) is 6.07 Å². The number of aryl methyl sites for hydroxylation is 1. The SMILES string of the molecule is COc1ccc(C)c2c1OC1[C@]23CCN(C)[C@H](C)C32CC[C@]1(OC)[C@@H](C(C)=O)C2. The fourth-order valence-electron chi connectivity index (χ4n) is 7.89. The van der Waals surface area contributed by atoms with Gasteiger partial charge in [0.2, 0.25) is 0 Å². The quantitative estimate of drug-likeness (QED) is 0.779. The molecule has 158 valence electrons. The molecule has 1 saturated heterocycles. The van der Waals surface area contributed by atoms with Crippen molar-refractivity contribution in [3.8, 4) is 11.5 Å². The van der Waals surface area contributed by atoms with Gasteiger partial charge in [-0.05, 0) is 71.7 Å². The number of Topliss-reactive ketones (excluding diaryl/α,β-unsaturated/α-hetero) is 1. The molecular weight excluding hydrogens is 366 g/mol. The summed E-state index contributed by atoms with van der Waals surface area (Å²) in [7, 11) is 5.71. The van der Waals surface area contributed by atoms with Crippen LogP contribution >= 0.6 is 0 Å². The van der Waals surface area contributed by atoms with Crippen molar-refractivity contribution in [3.63, 3.8) is 0 Å². The van der Waals surface area contributed by atoms with Crippen molar-refractivity contribution >= 4 is 5.78 Å². The number of ether oxygens (including phenoxy) is 3. The van der Waals surface area contributed by atoms with Gasteiger partial charge in [0.1, 0.15) is 17.5 Å². The van der Waals surface area contributed by atoms with Crippen LogP contribution in [0.5, 0.6) is 11.5 Å². The highest BCUT2D eigenvalue weighted by Crippen LogP contribution is 2.74. The van der Waals surface area contributed by atoms with Gasteiger partial charge in [-0.15, -0.1) is 0 Å². The third kappa shape index (κ3) is 1.97. The van der Waals surface area contributed by atoms with Gasteiger partial charge in [-0.2, -0.15) is 0 Å². The summed E-state index contributed by atoms with van der Waals surface area (Å²) in [4.78, 5) is 15.4. The van der Waals surface area contributed by atoms with Crippen LogP contribution in [0.3, 0.4) is 0 Å². The number of fused-ring (bicyclic) bond motifs is 3. The van der Waals surface area contributed by atoms with Gasteiger partial charge in [0.05, 0.1) is 13.0 Å². The van der Waals surface area contributed by atoms with E-state index < -0.39 is 5.60 Å². The molecular formula is C24H33NO4. The van der Waals surface area contributed by atoms with Gasteiger partial charge in [0, 0.05) is 29.5 Å². The van der Waals surface area contributed by atoms with Crippen molar-refractivity contribution < 1.29 is 19.0 Å². The Morgan fingerprint density at radius 3 is 2.66 bits per heavy atom. The van der Waals surface area contributed by atoms with Crippen LogP contribution in [0.4, 0.5) is 0 Å². The summed E-state index contributed by atoms with van der Waals surface area (Å²) >= 11 is 0. The molecule has 2 bridgehead atoms. The van der Waals surface area contributed by atoms with Gasteiger partial charge in [-0.25, -0.2) is 0 Å². The molecule has 29 heavy (non-hydrogen) atoms. The van der Waals surface area contributed by atoms with E-state index in [0.29, 0.717) is 6.04 Å². The van der Waals surface area contributed by atoms with E-state index in [4.69, 9.17) is 14.2 Å². The number of hydrogen-bond acceptors (Lipinski definition) is 5. The van der Waals surface area contributed by atoms with Crippen molar-refractivity contribution in [1.82, 2.24) is 4.90 Å². The van der Waals surface area contributed by atoms with Crippen LogP contribution in [0.15, 0.2) is 12.1 Å². The van der Waals surface area contributed by atoms with Crippen LogP contribution in [0, 0.1) is 18.3 Å². The van der Waals surface area contributed by atoms with E-state index in [0.717, 1.165) is 43.7 Å². The molecule has 1 aromatic carbocycles. The largest absolute Gasteiger partial charge is 0.493 e. The average Bonchev–Trinajstić information content (AvgIpc) is 3.10. The van der Waals surface area contributed by atoms with Crippen LogP contribution in [-0.2, 0) is 14.9 Å². The Hall–Kier alpha value is -1.59. The first-order chi connectivity index (χ1) is 13.8. The van der Waals surface area contributed by atoms with Crippen LogP contribution in [0.2, 0.25) is 0 Å². The Morgan fingerprint density at radius 1 is 1.24 bits per heavy atom. The van der Waals surface area contributed by atoms with E-state index in [2.05, 4.69) is 31.9 Å². The molecule has 2 aliphatic heterocycles. The maximum absolute atomic E-state index is 12.9. The average molecular weight is 400 g/mol. The maximum Gasteiger partial charge on any atom is 0.165 e. The van der Waals surface area contributed by atoms with E-state index in [-0.39, 0.29) is 28.6 Å². The highest BCUT2D eigenvalue weighted by atomic mass is 16.6. The van der Waals surface area contributed by atoms with Crippen LogP contribution in [0.25, 0.3) is 0 Å². The predicted octanol–water partition coefficient (Wildman–Crippen LogP) is 3.50. The molecule has 2 spiro atoms. The monoisotopic (exact) mass is 399 g/mol. The summed E-state index contributed by atoms with van der Waals surface area (Å²) in [6.45, 7) is 7.30. The Balaban J connectivity index is 1.84. The van der Waals surface area contributed by atoms with E-state index in [1.54, 1.807) is 21.1 Å². The first-order valence-electron chi connectivity index (χ1n) is 10.9. The Labute approximate surface area is 173 Å². The third-order valence-corrected chi connectivity index (χ3v) is 9.32. The van der Waals surface area contributed by atoms with E-state index in [9.17, 15) is 4.79 Å². The third-order valence-electron chi connectivity index (χ3n) is 9.32. The fraction of sp³-hybridized carbons (Fsp3) is 0.708. The normalized spacial score (nSPS) is 42.6. The minimum absolute atomic E-state index is 0.0103. The number of benzene rings is 1.